The van der Waals surface area contributed by atoms with Crippen LogP contribution in [-0.4, -0.2) is 43.0 Å². The third-order valence-corrected chi connectivity index (χ3v) is 8.08. The lowest BCUT2D eigenvalue weighted by Crippen LogP contribution is -2.34. The molecule has 0 radical (unpaired) electrons. The van der Waals surface area contributed by atoms with Crippen LogP contribution in [0.15, 0.2) is 74.9 Å². The topological polar surface area (TPSA) is 132 Å². The highest BCUT2D eigenvalue weighted by Gasteiger charge is 2.20. The molecule has 10 nitrogen and oxygen atoms in total. The van der Waals surface area contributed by atoms with E-state index in [4.69, 9.17) is 16.3 Å². The highest BCUT2D eigenvalue weighted by atomic mass is 35.5. The van der Waals surface area contributed by atoms with Crippen LogP contribution in [0.3, 0.4) is 0 Å². The van der Waals surface area contributed by atoms with Crippen molar-refractivity contribution in [2.75, 3.05) is 18.5 Å². The molecule has 2 amide bonds. The number of amides is 2. The zero-order valence-corrected chi connectivity index (χ0v) is 20.2. The lowest BCUT2D eigenvalue weighted by Gasteiger charge is -2.10. The van der Waals surface area contributed by atoms with E-state index in [-0.39, 0.29) is 19.8 Å². The Hall–Kier alpha value is -3.74. The maximum Gasteiger partial charge on any atom is 0.333 e. The van der Waals surface area contributed by atoms with Gasteiger partial charge in [-0.3, -0.25) is 9.36 Å². The molecule has 4 aromatic rings. The zero-order valence-electron chi connectivity index (χ0n) is 17.8. The maximum atomic E-state index is 13.0. The first-order valence-electron chi connectivity index (χ1n) is 10.2. The summed E-state index contributed by atoms with van der Waals surface area (Å²) >= 11 is 6.59. The number of pyridine rings is 2. The van der Waals surface area contributed by atoms with Gasteiger partial charge in [-0.25, -0.2) is 27.9 Å². The summed E-state index contributed by atoms with van der Waals surface area (Å²) in [6.07, 6.45) is 2.92. The first-order valence-corrected chi connectivity index (χ1v) is 12.9. The van der Waals surface area contributed by atoms with Gasteiger partial charge in [-0.05, 0) is 53.9 Å². The molecule has 1 aliphatic heterocycles. The van der Waals surface area contributed by atoms with Crippen LogP contribution in [0.5, 0.6) is 0 Å². The van der Waals surface area contributed by atoms with Gasteiger partial charge in [-0.1, -0.05) is 11.6 Å². The lowest BCUT2D eigenvalue weighted by molar-refractivity contribution is 0.256. The number of fused-ring (bicyclic) bond motifs is 1. The molecule has 0 aliphatic carbocycles. The van der Waals surface area contributed by atoms with Gasteiger partial charge in [0.1, 0.15) is 16.6 Å². The molecular formula is C22H16ClN5O5S2. The van der Waals surface area contributed by atoms with Crippen LogP contribution in [0, 0.1) is 0 Å². The van der Waals surface area contributed by atoms with Gasteiger partial charge in [0.2, 0.25) is 5.90 Å². The number of carbonyl (C=O) groups is 1. The van der Waals surface area contributed by atoms with E-state index in [2.05, 4.69) is 15.3 Å². The van der Waals surface area contributed by atoms with Crippen LogP contribution < -0.4 is 15.6 Å². The summed E-state index contributed by atoms with van der Waals surface area (Å²) in [5, 5.41) is 3.64. The van der Waals surface area contributed by atoms with Gasteiger partial charge in [-0.15, -0.1) is 11.3 Å². The Morgan fingerprint density at radius 2 is 2.00 bits per heavy atom. The molecule has 0 unspecified atom stereocenters. The minimum Gasteiger partial charge on any atom is -0.476 e. The van der Waals surface area contributed by atoms with Gasteiger partial charge < -0.3 is 10.1 Å². The van der Waals surface area contributed by atoms with E-state index in [0.717, 1.165) is 22.3 Å². The molecule has 4 heterocycles. The van der Waals surface area contributed by atoms with Gasteiger partial charge in [0.25, 0.3) is 15.6 Å². The second kappa shape index (κ2) is 9.13. The maximum absolute atomic E-state index is 13.0. The Labute approximate surface area is 207 Å². The first kappa shape index (κ1) is 23.0. The monoisotopic (exact) mass is 529 g/mol. The summed E-state index contributed by atoms with van der Waals surface area (Å²) in [5.74, 6) is 0.896. The van der Waals surface area contributed by atoms with Crippen molar-refractivity contribution in [2.45, 2.75) is 4.21 Å². The predicted molar refractivity (Wildman–Crippen MR) is 133 cm³/mol. The van der Waals surface area contributed by atoms with Gasteiger partial charge in [0, 0.05) is 17.1 Å². The Kier molecular flexibility index (Phi) is 6.01. The van der Waals surface area contributed by atoms with Gasteiger partial charge in [0.05, 0.1) is 22.8 Å². The van der Waals surface area contributed by atoms with Crippen LogP contribution in [0.25, 0.3) is 16.6 Å². The van der Waals surface area contributed by atoms with E-state index in [0.29, 0.717) is 30.3 Å². The predicted octanol–water partition coefficient (Wildman–Crippen LogP) is 3.39. The summed E-state index contributed by atoms with van der Waals surface area (Å²) in [6.45, 7) is 1.17. The molecule has 0 spiro atoms. The lowest BCUT2D eigenvalue weighted by atomic mass is 10.1. The number of benzene rings is 1. The molecule has 1 aliphatic rings. The molecule has 0 bridgehead atoms. The van der Waals surface area contributed by atoms with Crippen LogP contribution in [0.1, 0.15) is 5.56 Å². The number of hydrogen-bond donors (Lipinski definition) is 2. The molecular weight excluding hydrogens is 514 g/mol. The quantitative estimate of drug-likeness (QED) is 0.407. The fourth-order valence-corrected chi connectivity index (χ4v) is 5.83. The van der Waals surface area contributed by atoms with Crippen molar-refractivity contribution >= 4 is 61.3 Å². The summed E-state index contributed by atoms with van der Waals surface area (Å²) < 4.78 is 33.4. The highest BCUT2D eigenvalue weighted by molar-refractivity contribution is 7.92. The number of hydrogen-bond acceptors (Lipinski definition) is 8. The molecule has 0 saturated carbocycles. The molecule has 13 heteroatoms. The Morgan fingerprint density at radius 3 is 2.69 bits per heavy atom. The second-order valence-electron chi connectivity index (χ2n) is 7.35. The van der Waals surface area contributed by atoms with Crippen molar-refractivity contribution in [3.05, 3.63) is 81.2 Å². The van der Waals surface area contributed by atoms with E-state index in [9.17, 15) is 18.0 Å². The smallest absolute Gasteiger partial charge is 0.333 e. The molecule has 178 valence electrons. The Morgan fingerprint density at radius 1 is 1.14 bits per heavy atom. The number of urea groups is 1. The average molecular weight is 530 g/mol. The van der Waals surface area contributed by atoms with Gasteiger partial charge in [-0.2, -0.15) is 0 Å². The molecule has 35 heavy (non-hydrogen) atoms. The number of nitrogens with one attached hydrogen (secondary N) is 2. The third kappa shape index (κ3) is 4.76. The third-order valence-electron chi connectivity index (χ3n) is 5.03. The minimum atomic E-state index is -4.05. The molecule has 3 aromatic heterocycles. The van der Waals surface area contributed by atoms with Crippen LogP contribution >= 0.6 is 22.9 Å². The zero-order chi connectivity index (χ0) is 24.6. The number of rotatable bonds is 5. The van der Waals surface area contributed by atoms with Crippen molar-refractivity contribution in [1.82, 2.24) is 14.3 Å². The summed E-state index contributed by atoms with van der Waals surface area (Å²) in [5.41, 5.74) is 0.777. The highest BCUT2D eigenvalue weighted by Crippen LogP contribution is 2.25. The molecule has 1 aromatic carbocycles. The Balaban J connectivity index is 1.33. The van der Waals surface area contributed by atoms with Crippen LogP contribution in [0.2, 0.25) is 4.34 Å². The van der Waals surface area contributed by atoms with Crippen molar-refractivity contribution in [1.29, 1.82) is 0 Å². The molecule has 0 atom stereocenters. The van der Waals surface area contributed by atoms with E-state index >= 15 is 0 Å². The minimum absolute atomic E-state index is 0.0855. The molecule has 0 fully saturated rings. The second-order valence-corrected chi connectivity index (χ2v) is 11.0. The standard InChI is InChI=1S/C22H16ClN5O5S2/c23-17-4-6-19(34-17)35(31,32)27-22(30)26-15-2-5-18(25-12-15)28-9-7-13-11-14(20-24-8-10-33-20)1-3-16(13)21(28)29/h1-7,9,11-12H,8,10H2,(H2,26,27,30). The summed E-state index contributed by atoms with van der Waals surface area (Å²) in [4.78, 5) is 33.7. The van der Waals surface area contributed by atoms with Crippen molar-refractivity contribution < 1.29 is 17.9 Å². The van der Waals surface area contributed by atoms with Crippen molar-refractivity contribution in [3.8, 4) is 5.82 Å². The number of aliphatic imine (C=N–C) groups is 1. The van der Waals surface area contributed by atoms with E-state index < -0.39 is 16.1 Å². The number of nitrogens with zero attached hydrogens (tertiary/aromatic N) is 3. The molecule has 5 rings (SSSR count). The van der Waals surface area contributed by atoms with Crippen LogP contribution in [-0.2, 0) is 14.8 Å². The summed E-state index contributed by atoms with van der Waals surface area (Å²) in [7, 11) is -4.05. The number of halogens is 1. The van der Waals surface area contributed by atoms with Crippen LogP contribution in [0.4, 0.5) is 10.5 Å². The number of ether oxygens (including phenoxy) is 1. The van der Waals surface area contributed by atoms with Crippen molar-refractivity contribution in [3.63, 3.8) is 0 Å². The SMILES string of the molecule is O=C(Nc1ccc(-n2ccc3cc(C4=NCCO4)ccc3c2=O)nc1)NS(=O)(=O)c1ccc(Cl)s1. The fourth-order valence-electron chi connectivity index (χ4n) is 3.44. The number of thiophene rings is 1. The normalized spacial score (nSPS) is 13.3. The van der Waals surface area contributed by atoms with Gasteiger partial charge >= 0.3 is 6.03 Å². The average Bonchev–Trinajstić information content (AvgIpc) is 3.52. The largest absolute Gasteiger partial charge is 0.476 e. The number of aromatic nitrogens is 2. The first-order chi connectivity index (χ1) is 16.8. The summed E-state index contributed by atoms with van der Waals surface area (Å²) in [6, 6.07) is 12.0. The number of anilines is 1. The molecule has 2 N–H and O–H groups in total. The van der Waals surface area contributed by atoms with Gasteiger partial charge in [0.15, 0.2) is 0 Å². The van der Waals surface area contributed by atoms with Crippen molar-refractivity contribution in [2.24, 2.45) is 4.99 Å². The molecule has 0 saturated heterocycles. The fraction of sp³-hybridized carbons (Fsp3) is 0.0909. The number of sulfonamides is 1. The number of carbonyl (C=O) groups excluding carboxylic acids is 1. The Bertz CT molecular complexity index is 1650. The van der Waals surface area contributed by atoms with E-state index in [1.54, 1.807) is 24.4 Å². The van der Waals surface area contributed by atoms with E-state index in [1.165, 1.54) is 35.0 Å². The van der Waals surface area contributed by atoms with E-state index in [1.807, 2.05) is 10.8 Å².